The fraction of sp³-hybridized carbons (Fsp3) is 0.583. The highest BCUT2D eigenvalue weighted by Crippen LogP contribution is 2.39. The van der Waals surface area contributed by atoms with Crippen LogP contribution in [0.25, 0.3) is 10.8 Å². The van der Waals surface area contributed by atoms with Crippen molar-refractivity contribution >= 4 is 16.7 Å². The molecular formula is C24H31N3O2. The summed E-state index contributed by atoms with van der Waals surface area (Å²) < 4.78 is 6.30. The maximum atomic E-state index is 11.7. The van der Waals surface area contributed by atoms with Crippen LogP contribution in [0.3, 0.4) is 0 Å². The molecule has 3 fully saturated rings. The largest absolute Gasteiger partial charge is 0.376 e. The summed E-state index contributed by atoms with van der Waals surface area (Å²) in [5.41, 5.74) is 1.38. The highest BCUT2D eigenvalue weighted by atomic mass is 16.5. The molecule has 2 aliphatic carbocycles. The number of aromatic nitrogens is 1. The first-order valence-electron chi connectivity index (χ1n) is 11.1. The van der Waals surface area contributed by atoms with Crippen LogP contribution in [0.2, 0.25) is 0 Å². The minimum absolute atomic E-state index is 0.0627. The first-order valence-corrected chi connectivity index (χ1v) is 11.1. The van der Waals surface area contributed by atoms with E-state index in [-0.39, 0.29) is 18.1 Å². The molecule has 5 heteroatoms. The molecule has 2 heterocycles. The molecule has 154 valence electrons. The van der Waals surface area contributed by atoms with E-state index >= 15 is 0 Å². The van der Waals surface area contributed by atoms with E-state index in [4.69, 9.17) is 4.74 Å². The van der Waals surface area contributed by atoms with Gasteiger partial charge in [-0.15, -0.1) is 0 Å². The summed E-state index contributed by atoms with van der Waals surface area (Å²) in [6.07, 6.45) is 8.71. The van der Waals surface area contributed by atoms with Gasteiger partial charge in [0.1, 0.15) is 0 Å². The van der Waals surface area contributed by atoms with Crippen LogP contribution in [0.4, 0.5) is 0 Å². The van der Waals surface area contributed by atoms with Gasteiger partial charge < -0.3 is 10.1 Å². The van der Waals surface area contributed by atoms with Gasteiger partial charge in [-0.25, -0.2) is 0 Å². The molecule has 1 aliphatic heterocycles. The van der Waals surface area contributed by atoms with Gasteiger partial charge in [-0.2, -0.15) is 0 Å². The predicted octanol–water partition coefficient (Wildman–Crippen LogP) is 3.38. The molecule has 5 nitrogen and oxygen atoms in total. The van der Waals surface area contributed by atoms with Crippen LogP contribution in [-0.2, 0) is 16.1 Å². The second-order valence-corrected chi connectivity index (χ2v) is 9.32. The molecule has 1 N–H and O–H groups in total. The topological polar surface area (TPSA) is 54.5 Å². The van der Waals surface area contributed by atoms with Crippen molar-refractivity contribution in [2.45, 2.75) is 51.3 Å². The maximum Gasteiger partial charge on any atom is 0.217 e. The van der Waals surface area contributed by atoms with E-state index in [1.54, 1.807) is 6.92 Å². The van der Waals surface area contributed by atoms with E-state index in [9.17, 15) is 4.79 Å². The molecule has 3 aliphatic rings. The second-order valence-electron chi connectivity index (χ2n) is 9.32. The summed E-state index contributed by atoms with van der Waals surface area (Å²) in [6.45, 7) is 5.71. The van der Waals surface area contributed by atoms with Gasteiger partial charge >= 0.3 is 0 Å². The van der Waals surface area contributed by atoms with Crippen LogP contribution in [0.15, 0.2) is 36.7 Å². The molecule has 5 rings (SSSR count). The van der Waals surface area contributed by atoms with Crippen molar-refractivity contribution in [3.63, 3.8) is 0 Å². The molecule has 1 saturated heterocycles. The summed E-state index contributed by atoms with van der Waals surface area (Å²) in [6, 6.07) is 8.80. The van der Waals surface area contributed by atoms with Crippen LogP contribution in [0, 0.1) is 17.8 Å². The van der Waals surface area contributed by atoms with Crippen LogP contribution < -0.4 is 5.32 Å². The van der Waals surface area contributed by atoms with E-state index in [1.807, 2.05) is 12.4 Å². The van der Waals surface area contributed by atoms with Gasteiger partial charge in [0.25, 0.3) is 0 Å². The number of nitrogens with one attached hydrogen (secondary N) is 1. The smallest absolute Gasteiger partial charge is 0.217 e. The van der Waals surface area contributed by atoms with Gasteiger partial charge in [0.15, 0.2) is 0 Å². The average Bonchev–Trinajstić information content (AvgIpc) is 3.45. The summed E-state index contributed by atoms with van der Waals surface area (Å²) in [7, 11) is 0. The van der Waals surface area contributed by atoms with E-state index < -0.39 is 0 Å². The van der Waals surface area contributed by atoms with E-state index in [2.05, 4.69) is 39.5 Å². The van der Waals surface area contributed by atoms with Crippen LogP contribution in [0.1, 0.15) is 38.2 Å². The number of amides is 1. The number of hydrogen-bond donors (Lipinski definition) is 1. The van der Waals surface area contributed by atoms with Crippen LogP contribution >= 0.6 is 0 Å². The van der Waals surface area contributed by atoms with E-state index in [0.29, 0.717) is 11.8 Å². The molecular weight excluding hydrogens is 362 g/mol. The zero-order chi connectivity index (χ0) is 19.8. The third-order valence-electron chi connectivity index (χ3n) is 6.99. The van der Waals surface area contributed by atoms with E-state index in [1.165, 1.54) is 29.2 Å². The fourth-order valence-corrected chi connectivity index (χ4v) is 5.35. The highest BCUT2D eigenvalue weighted by molar-refractivity contribution is 5.84. The zero-order valence-electron chi connectivity index (χ0n) is 17.2. The molecule has 1 aromatic carbocycles. The van der Waals surface area contributed by atoms with Gasteiger partial charge in [-0.05, 0) is 60.5 Å². The molecule has 0 unspecified atom stereocenters. The second kappa shape index (κ2) is 8.04. The Morgan fingerprint density at radius 2 is 2.03 bits per heavy atom. The van der Waals surface area contributed by atoms with Crippen molar-refractivity contribution in [2.75, 3.05) is 19.7 Å². The summed E-state index contributed by atoms with van der Waals surface area (Å²) in [5, 5.41) is 5.70. The van der Waals surface area contributed by atoms with Gasteiger partial charge in [-0.3, -0.25) is 14.7 Å². The number of hydrogen-bond acceptors (Lipinski definition) is 4. The Morgan fingerprint density at radius 3 is 2.83 bits per heavy atom. The molecule has 4 atom stereocenters. The van der Waals surface area contributed by atoms with Gasteiger partial charge in [0, 0.05) is 50.9 Å². The molecule has 2 saturated carbocycles. The van der Waals surface area contributed by atoms with Gasteiger partial charge in [-0.1, -0.05) is 18.2 Å². The molecule has 1 amide bonds. The molecule has 2 aromatic rings. The number of fused-ring (bicyclic) bond motifs is 2. The minimum Gasteiger partial charge on any atom is -0.376 e. The standard InChI is InChI=1S/C24H31N3O2/c1-16(28)26-23-9-20-13-27(14-21(20)10-24(23)29-15-17-5-6-17)12-19-4-2-3-18-11-25-8-7-22(18)19/h2-4,7-8,11,17,20-21,23-24H,5-6,9-10,12-15H2,1H3,(H,26,28)/t20-,21+,23-,24-/m1/s1. The molecule has 0 radical (unpaired) electrons. The Kier molecular flexibility index (Phi) is 5.27. The number of likely N-dealkylation sites (tertiary alicyclic amines) is 1. The van der Waals surface area contributed by atoms with Crippen molar-refractivity contribution in [1.82, 2.24) is 15.2 Å². The summed E-state index contributed by atoms with van der Waals surface area (Å²) in [5.74, 6) is 2.13. The van der Waals surface area contributed by atoms with Gasteiger partial charge in [0.2, 0.25) is 5.91 Å². The minimum atomic E-state index is 0.0627. The lowest BCUT2D eigenvalue weighted by molar-refractivity contribution is -0.122. The van der Waals surface area contributed by atoms with Crippen molar-refractivity contribution in [1.29, 1.82) is 0 Å². The SMILES string of the molecule is CC(=O)N[C@@H]1C[C@@H]2CN(Cc3cccc4cnccc34)C[C@@H]2C[C@H]1OCC1CC1. The number of pyridine rings is 1. The lowest BCUT2D eigenvalue weighted by atomic mass is 9.77. The first-order chi connectivity index (χ1) is 14.2. The number of benzene rings is 1. The fourth-order valence-electron chi connectivity index (χ4n) is 5.35. The molecule has 29 heavy (non-hydrogen) atoms. The summed E-state index contributed by atoms with van der Waals surface area (Å²) >= 11 is 0. The Hall–Kier alpha value is -1.98. The molecule has 0 spiro atoms. The molecule has 0 bridgehead atoms. The van der Waals surface area contributed by atoms with Crippen LogP contribution in [-0.4, -0.2) is 47.6 Å². The number of rotatable bonds is 6. The number of carbonyl (C=O) groups is 1. The summed E-state index contributed by atoms with van der Waals surface area (Å²) in [4.78, 5) is 18.6. The number of nitrogens with zero attached hydrogens (tertiary/aromatic N) is 2. The van der Waals surface area contributed by atoms with E-state index in [0.717, 1.165) is 45.0 Å². The van der Waals surface area contributed by atoms with Gasteiger partial charge in [0.05, 0.1) is 12.1 Å². The zero-order valence-corrected chi connectivity index (χ0v) is 17.2. The Bertz CT molecular complexity index is 876. The third kappa shape index (κ3) is 4.31. The lowest BCUT2D eigenvalue weighted by Gasteiger charge is -2.38. The maximum absolute atomic E-state index is 11.7. The molecule has 1 aromatic heterocycles. The quantitative estimate of drug-likeness (QED) is 0.818. The first kappa shape index (κ1) is 19.0. The predicted molar refractivity (Wildman–Crippen MR) is 113 cm³/mol. The number of carbonyl (C=O) groups excluding carboxylic acids is 1. The van der Waals surface area contributed by atoms with Crippen molar-refractivity contribution in [2.24, 2.45) is 17.8 Å². The lowest BCUT2D eigenvalue weighted by Crippen LogP contribution is -2.50. The van der Waals surface area contributed by atoms with Crippen LogP contribution in [0.5, 0.6) is 0 Å². The third-order valence-corrected chi connectivity index (χ3v) is 6.99. The highest BCUT2D eigenvalue weighted by Gasteiger charge is 2.43. The monoisotopic (exact) mass is 393 g/mol. The van der Waals surface area contributed by atoms with Crippen molar-refractivity contribution < 1.29 is 9.53 Å². The van der Waals surface area contributed by atoms with Crippen molar-refractivity contribution in [3.05, 3.63) is 42.2 Å². The van der Waals surface area contributed by atoms with Crippen molar-refractivity contribution in [3.8, 4) is 0 Å². The normalized spacial score (nSPS) is 29.7. The average molecular weight is 394 g/mol. The Balaban J connectivity index is 1.27. The Labute approximate surface area is 172 Å². The Morgan fingerprint density at radius 1 is 1.21 bits per heavy atom. The number of ether oxygens (including phenoxy) is 1.